The number of carbonyl (C=O) groups excluding carboxylic acids is 4. The molecule has 16 rings (SSSR count). The number of amides is 3. The van der Waals surface area contributed by atoms with Crippen LogP contribution in [0.3, 0.4) is 0 Å². The van der Waals surface area contributed by atoms with Crippen molar-refractivity contribution in [3.05, 3.63) is 318 Å². The third-order valence-corrected chi connectivity index (χ3v) is 24.8. The van der Waals surface area contributed by atoms with E-state index in [-0.39, 0.29) is 29.3 Å². The van der Waals surface area contributed by atoms with Crippen LogP contribution in [0.2, 0.25) is 0 Å². The van der Waals surface area contributed by atoms with Crippen LogP contribution in [-0.4, -0.2) is 116 Å². The molecule has 8 aromatic carbocycles. The van der Waals surface area contributed by atoms with Gasteiger partial charge in [-0.05, 0) is 351 Å². The van der Waals surface area contributed by atoms with Crippen LogP contribution in [0.4, 0.5) is 0 Å². The van der Waals surface area contributed by atoms with Gasteiger partial charge in [0.05, 0.1) is 87.3 Å². The molecule has 0 unspecified atom stereocenters. The first-order chi connectivity index (χ1) is 67.7. The van der Waals surface area contributed by atoms with E-state index in [9.17, 15) is 29.1 Å². The molecule has 0 aliphatic carbocycles. The Hall–Kier alpha value is -14.0. The quantitative estimate of drug-likeness (QED) is 0.0459. The number of pyridine rings is 8. The predicted molar refractivity (Wildman–Crippen MR) is 588 cm³/mol. The number of nitrogens with one attached hydrogen (secondary N) is 3. The number of ether oxygens (including phenoxy) is 3. The average Bonchev–Trinajstić information content (AvgIpc) is 0.777. The van der Waals surface area contributed by atoms with Crippen LogP contribution < -0.4 is 25.4 Å². The van der Waals surface area contributed by atoms with E-state index in [2.05, 4.69) is 300 Å². The van der Waals surface area contributed by atoms with Gasteiger partial charge in [0.1, 0.15) is 17.0 Å². The molecule has 0 spiro atoms. The van der Waals surface area contributed by atoms with E-state index in [4.69, 9.17) is 14.2 Å². The zero-order chi connectivity index (χ0) is 104. The van der Waals surface area contributed by atoms with Crippen molar-refractivity contribution in [1.82, 2.24) is 55.8 Å². The highest BCUT2D eigenvalue weighted by Gasteiger charge is 2.23. The van der Waals surface area contributed by atoms with Crippen molar-refractivity contribution in [3.8, 4) is 11.5 Å². The zero-order valence-electron chi connectivity index (χ0n) is 89.4. The van der Waals surface area contributed by atoms with Gasteiger partial charge in [-0.15, -0.1) is 0 Å². The summed E-state index contributed by atoms with van der Waals surface area (Å²) in [6.07, 6.45) is 16.2. The predicted octanol–water partition coefficient (Wildman–Crippen LogP) is 29.4. The number of carboxylic acids is 1. The highest BCUT2D eigenvalue weighted by atomic mass is 16.5. The summed E-state index contributed by atoms with van der Waals surface area (Å²) in [4.78, 5) is 95.2. The lowest BCUT2D eigenvalue weighted by Crippen LogP contribution is -2.24. The molecule has 4 N–H and O–H groups in total. The summed E-state index contributed by atoms with van der Waals surface area (Å²) in [5, 5.41) is 26.8. The molecule has 8 aromatic heterocycles. The Morgan fingerprint density at radius 3 is 1.01 bits per heavy atom. The van der Waals surface area contributed by atoms with Gasteiger partial charge in [-0.2, -0.15) is 0 Å². The minimum absolute atomic E-state index is 0.0226. The van der Waals surface area contributed by atoms with Crippen LogP contribution in [0, 0.1) is 41.5 Å². The molecule has 20 nitrogen and oxygen atoms in total. The van der Waals surface area contributed by atoms with Crippen molar-refractivity contribution >= 4 is 117 Å². The maximum absolute atomic E-state index is 12.4. The van der Waals surface area contributed by atoms with Crippen LogP contribution in [0.25, 0.3) is 87.2 Å². The van der Waals surface area contributed by atoms with Crippen LogP contribution in [0.1, 0.15) is 347 Å². The second kappa shape index (κ2) is 52.5. The first-order valence-electron chi connectivity index (χ1n) is 50.1. The largest absolute Gasteiger partial charge is 0.497 e. The van der Waals surface area contributed by atoms with Crippen LogP contribution in [-0.2, 0) is 17.6 Å². The third kappa shape index (κ3) is 28.5. The molecule has 20 heteroatoms. The number of aryl methyl sites for hydroxylation is 8. The van der Waals surface area contributed by atoms with Gasteiger partial charge in [0.15, 0.2) is 0 Å². The Morgan fingerprint density at radius 2 is 0.641 bits per heavy atom. The van der Waals surface area contributed by atoms with Crippen molar-refractivity contribution in [2.24, 2.45) is 0 Å². The van der Waals surface area contributed by atoms with Crippen LogP contribution in [0.5, 0.6) is 11.5 Å². The molecule has 142 heavy (non-hydrogen) atoms. The van der Waals surface area contributed by atoms with Crippen molar-refractivity contribution < 1.29 is 43.3 Å². The van der Waals surface area contributed by atoms with E-state index in [1.807, 2.05) is 107 Å². The molecule has 0 radical (unpaired) electrons. The summed E-state index contributed by atoms with van der Waals surface area (Å²) in [6.45, 7) is 58.8. The second-order valence-electron chi connectivity index (χ2n) is 38.7. The van der Waals surface area contributed by atoms with Crippen molar-refractivity contribution in [2.75, 3.05) is 41.0 Å². The van der Waals surface area contributed by atoms with Gasteiger partial charge < -0.3 is 35.3 Å². The van der Waals surface area contributed by atoms with E-state index >= 15 is 0 Å². The van der Waals surface area contributed by atoms with E-state index in [1.54, 1.807) is 58.3 Å². The van der Waals surface area contributed by atoms with Crippen molar-refractivity contribution in [3.63, 3.8) is 0 Å². The fraction of sp³-hybridized carbons (Fsp3) is 0.369. The maximum atomic E-state index is 12.4. The number of nitrogens with zero attached hydrogens (tertiary/aromatic N) is 8. The average molecular weight is 1910 g/mol. The molecule has 746 valence electrons. The molecule has 0 bridgehead atoms. The molecule has 0 fully saturated rings. The van der Waals surface area contributed by atoms with E-state index in [1.165, 1.54) is 77.4 Å². The lowest BCUT2D eigenvalue weighted by Gasteiger charge is -2.14. The topological polar surface area (TPSA) is 272 Å². The molecule has 0 saturated carbocycles. The lowest BCUT2D eigenvalue weighted by molar-refractivity contribution is 0.0527. The SMILES string of the molecule is CCCNC(=O)c1cc(CC)cc2c(C(C)C)ccnc12.CCCNC(=O)c1cc(CC)cc2c(C(C)C)ccnc12.CCOC(=O)c1cc(C)cc2c(C(C)C)ccnc12.CNC(=O)c1cc(C)cc2c(C(C)C)ccnc12.COc1cc(C)cc2c(C(C)C)ccnc12.COc1ccc2nccc(C(C)C)c2c1.Cc1cc(C(=O)O)c2nccc(C(C)C)c2c1.Cc1ccc2nc(C)cc(C(C)C)c2c1. The Morgan fingerprint density at radius 1 is 0.317 bits per heavy atom. The molecule has 16 aromatic rings. The van der Waals surface area contributed by atoms with Crippen LogP contribution >= 0.6 is 0 Å². The Balaban J connectivity index is 0.000000182. The number of methoxy groups -OCH3 is 2. The normalized spacial score (nSPS) is 11.1. The van der Waals surface area contributed by atoms with Gasteiger partial charge in [0, 0.05) is 112 Å². The van der Waals surface area contributed by atoms with Gasteiger partial charge in [-0.1, -0.05) is 150 Å². The summed E-state index contributed by atoms with van der Waals surface area (Å²) < 4.78 is 15.7. The van der Waals surface area contributed by atoms with Crippen LogP contribution in [0.15, 0.2) is 201 Å². The molecule has 8 heterocycles. The molecular formula is C122H149N11O9. The van der Waals surface area contributed by atoms with Gasteiger partial charge >= 0.3 is 11.9 Å². The first kappa shape index (κ1) is 112. The lowest BCUT2D eigenvalue weighted by atomic mass is 9.94. The number of fused-ring (bicyclic) bond motifs is 8. The third-order valence-electron chi connectivity index (χ3n) is 24.8. The van der Waals surface area contributed by atoms with Crippen molar-refractivity contribution in [2.45, 2.75) is 260 Å². The number of aromatic nitrogens is 8. The fourth-order valence-electron chi connectivity index (χ4n) is 17.5. The minimum Gasteiger partial charge on any atom is -0.497 e. The Kier molecular flexibility index (Phi) is 41.2. The van der Waals surface area contributed by atoms with Gasteiger partial charge in [-0.3, -0.25) is 54.3 Å². The molecule has 0 atom stereocenters. The van der Waals surface area contributed by atoms with E-state index in [0.717, 1.165) is 131 Å². The number of rotatable bonds is 22. The number of esters is 1. The highest BCUT2D eigenvalue weighted by Crippen LogP contribution is 2.37. The number of carboxylic acid groups (broad SMARTS) is 1. The second-order valence-corrected chi connectivity index (χ2v) is 38.7. The summed E-state index contributed by atoms with van der Waals surface area (Å²) in [5.41, 5.74) is 28.9. The smallest absolute Gasteiger partial charge is 0.340 e. The monoisotopic (exact) mass is 1910 g/mol. The number of carbonyl (C=O) groups is 5. The van der Waals surface area contributed by atoms with E-state index < -0.39 is 5.97 Å². The van der Waals surface area contributed by atoms with Gasteiger partial charge in [0.25, 0.3) is 17.7 Å². The maximum Gasteiger partial charge on any atom is 0.340 e. The molecule has 0 saturated heterocycles. The molecular weight excluding hydrogens is 1760 g/mol. The zero-order valence-corrected chi connectivity index (χ0v) is 89.4. The minimum atomic E-state index is -0.924. The number of hydrogen-bond acceptors (Lipinski definition) is 16. The Labute approximate surface area is 841 Å². The standard InChI is InChI=1S/2C18H24N2O.C16H19NO2.C15H18N2O.C14H15NO2.C14H17NO.C14H17N.C13H15NO/c2*1-5-8-20-18(21)16-11-13(6-2)10-15-14(12(3)4)7-9-19-17(15)16;1-5-19-16(18)14-9-11(4)8-13-12(10(2)3)6-7-17-15(13)14;1-9(2)11-5-6-17-14-12(11)7-10(3)8-13(14)15(18)16-4;1-8(2)10-4-5-15-13-11(10)6-9(3)7-12(13)14(16)17;1-9(2)11-5-6-15-14-12(11)7-10(3)8-13(14)16-4;1-9(2)12-8-11(4)15-14-6-5-10(3)7-13(12)14;1-9(2)11-6-7-14-13-5-4-10(15-3)8-12(11)13/h2*7,9-12H,5-6,8H2,1-4H3,(H,20,21);6-10H,5H2,1-4H3;5-9H,1-4H3,(H,16,18);4-8H,1-3H3,(H,16,17);5-9H,1-4H3;5-9H,1-4H3;4-9H,1-3H3. The molecule has 0 aliphatic rings. The fourth-order valence-corrected chi connectivity index (χ4v) is 17.5. The highest BCUT2D eigenvalue weighted by molar-refractivity contribution is 6.10. The van der Waals surface area contributed by atoms with Crippen molar-refractivity contribution in [1.29, 1.82) is 0 Å². The number of aromatic carboxylic acids is 1. The summed E-state index contributed by atoms with van der Waals surface area (Å²) in [7, 11) is 5.02. The van der Waals surface area contributed by atoms with Gasteiger partial charge in [-0.25, -0.2) is 9.59 Å². The van der Waals surface area contributed by atoms with Gasteiger partial charge in [0.2, 0.25) is 0 Å². The molecule has 3 amide bonds. The summed E-state index contributed by atoms with van der Waals surface area (Å²) in [5.74, 6) is 3.92. The number of benzene rings is 8. The first-order valence-corrected chi connectivity index (χ1v) is 50.1. The summed E-state index contributed by atoms with van der Waals surface area (Å²) in [6, 6.07) is 53.0. The van der Waals surface area contributed by atoms with E-state index in [0.29, 0.717) is 94.8 Å². The molecule has 0 aliphatic heterocycles. The number of hydrogen-bond donors (Lipinski definition) is 4. The summed E-state index contributed by atoms with van der Waals surface area (Å²) >= 11 is 0. The Bertz CT molecular complexity index is 7000.